The van der Waals surface area contributed by atoms with Crippen molar-refractivity contribution < 1.29 is 0 Å². The molecule has 1 rings (SSSR count). The van der Waals surface area contributed by atoms with Crippen LogP contribution in [-0.4, -0.2) is 6.54 Å². The first-order valence-electron chi connectivity index (χ1n) is 5.17. The Kier molecular flexibility index (Phi) is 5.25. The van der Waals surface area contributed by atoms with E-state index in [1.54, 1.807) is 0 Å². The Balaban J connectivity index is 2.44. The van der Waals surface area contributed by atoms with Gasteiger partial charge in [0.2, 0.25) is 0 Å². The Morgan fingerprint density at radius 3 is 2.87 bits per heavy atom. The highest BCUT2D eigenvalue weighted by atomic mass is 35.5. The van der Waals surface area contributed by atoms with Crippen molar-refractivity contribution in [3.8, 4) is 12.3 Å². The van der Waals surface area contributed by atoms with Crippen LogP contribution in [0.4, 0.5) is 0 Å². The maximum Gasteiger partial charge on any atom is 0.0453 e. The second-order valence-corrected chi connectivity index (χ2v) is 3.91. The highest BCUT2D eigenvalue weighted by Crippen LogP contribution is 2.21. The fourth-order valence-electron chi connectivity index (χ4n) is 1.45. The predicted molar refractivity (Wildman–Crippen MR) is 65.9 cm³/mol. The van der Waals surface area contributed by atoms with Gasteiger partial charge < -0.3 is 5.32 Å². The van der Waals surface area contributed by atoms with Gasteiger partial charge in [0.15, 0.2) is 0 Å². The predicted octanol–water partition coefficient (Wildman–Crippen LogP) is 3.40. The molecule has 0 heterocycles. The van der Waals surface area contributed by atoms with Crippen molar-refractivity contribution in [3.63, 3.8) is 0 Å². The van der Waals surface area contributed by atoms with Gasteiger partial charge in [0.1, 0.15) is 0 Å². The van der Waals surface area contributed by atoms with Crippen molar-refractivity contribution in [2.75, 3.05) is 6.54 Å². The molecule has 1 aromatic carbocycles. The molecule has 0 aliphatic heterocycles. The normalized spacial score (nSPS) is 12.1. The molecule has 0 aliphatic carbocycles. The number of benzene rings is 1. The van der Waals surface area contributed by atoms with E-state index in [9.17, 15) is 0 Å². The third kappa shape index (κ3) is 3.95. The maximum atomic E-state index is 6.09. The van der Waals surface area contributed by atoms with E-state index in [1.165, 1.54) is 0 Å². The number of nitrogens with one attached hydrogen (secondary N) is 1. The molecule has 1 aromatic rings. The Hall–Kier alpha value is -0.970. The standard InChI is InChI=1S/C13H16ClN/c1-3-4-7-10-15-11(2)12-8-5-6-9-13(12)14/h1,5-6,8-9,11,15H,4,7,10H2,2H3/t11-/m1/s1. The highest BCUT2D eigenvalue weighted by molar-refractivity contribution is 6.31. The van der Waals surface area contributed by atoms with E-state index in [1.807, 2.05) is 24.3 Å². The molecule has 1 atom stereocenters. The summed E-state index contributed by atoms with van der Waals surface area (Å²) in [7, 11) is 0. The summed E-state index contributed by atoms with van der Waals surface area (Å²) in [5.74, 6) is 2.63. The molecule has 0 saturated carbocycles. The molecule has 0 unspecified atom stereocenters. The van der Waals surface area contributed by atoms with E-state index < -0.39 is 0 Å². The van der Waals surface area contributed by atoms with Gasteiger partial charge in [-0.05, 0) is 31.5 Å². The second kappa shape index (κ2) is 6.50. The summed E-state index contributed by atoms with van der Waals surface area (Å²) in [6, 6.07) is 8.17. The van der Waals surface area contributed by atoms with Crippen LogP contribution < -0.4 is 5.32 Å². The summed E-state index contributed by atoms with van der Waals surface area (Å²) in [6.07, 6.45) is 7.01. The van der Waals surface area contributed by atoms with Crippen molar-refractivity contribution in [1.82, 2.24) is 5.32 Å². The van der Waals surface area contributed by atoms with Gasteiger partial charge in [-0.15, -0.1) is 12.3 Å². The van der Waals surface area contributed by atoms with Crippen LogP contribution in [-0.2, 0) is 0 Å². The summed E-state index contributed by atoms with van der Waals surface area (Å²) >= 11 is 6.09. The Bertz CT molecular complexity index is 341. The van der Waals surface area contributed by atoms with Crippen molar-refractivity contribution >= 4 is 11.6 Å². The lowest BCUT2D eigenvalue weighted by atomic mass is 10.1. The van der Waals surface area contributed by atoms with Crippen LogP contribution in [0.1, 0.15) is 31.4 Å². The molecule has 1 nitrogen and oxygen atoms in total. The number of unbranched alkanes of at least 4 members (excludes halogenated alkanes) is 1. The van der Waals surface area contributed by atoms with Crippen LogP contribution >= 0.6 is 11.6 Å². The van der Waals surface area contributed by atoms with E-state index in [2.05, 4.69) is 18.2 Å². The van der Waals surface area contributed by atoms with Gasteiger partial charge in [-0.1, -0.05) is 29.8 Å². The van der Waals surface area contributed by atoms with Crippen LogP contribution in [0.25, 0.3) is 0 Å². The van der Waals surface area contributed by atoms with E-state index in [4.69, 9.17) is 18.0 Å². The zero-order valence-corrected chi connectivity index (χ0v) is 9.72. The van der Waals surface area contributed by atoms with Crippen LogP contribution in [0, 0.1) is 12.3 Å². The first-order chi connectivity index (χ1) is 7.25. The number of hydrogen-bond acceptors (Lipinski definition) is 1. The molecule has 0 aromatic heterocycles. The molecule has 0 saturated heterocycles. The lowest BCUT2D eigenvalue weighted by Crippen LogP contribution is -2.19. The summed E-state index contributed by atoms with van der Waals surface area (Å²) in [5, 5.41) is 4.21. The lowest BCUT2D eigenvalue weighted by Gasteiger charge is -2.15. The summed E-state index contributed by atoms with van der Waals surface area (Å²) in [5.41, 5.74) is 1.14. The van der Waals surface area contributed by atoms with Gasteiger partial charge in [0, 0.05) is 17.5 Å². The second-order valence-electron chi connectivity index (χ2n) is 3.51. The average molecular weight is 222 g/mol. The quantitative estimate of drug-likeness (QED) is 0.594. The molecule has 0 spiro atoms. The van der Waals surface area contributed by atoms with E-state index in [0.29, 0.717) is 0 Å². The van der Waals surface area contributed by atoms with E-state index in [-0.39, 0.29) is 6.04 Å². The Labute approximate surface area is 96.8 Å². The maximum absolute atomic E-state index is 6.09. The highest BCUT2D eigenvalue weighted by Gasteiger charge is 2.07. The van der Waals surface area contributed by atoms with Crippen LogP contribution in [0.3, 0.4) is 0 Å². The zero-order valence-electron chi connectivity index (χ0n) is 8.96. The first kappa shape index (κ1) is 12.1. The monoisotopic (exact) mass is 221 g/mol. The van der Waals surface area contributed by atoms with E-state index >= 15 is 0 Å². The molecule has 2 heteroatoms. The summed E-state index contributed by atoms with van der Waals surface area (Å²) < 4.78 is 0. The molecule has 0 aliphatic rings. The Morgan fingerprint density at radius 1 is 1.47 bits per heavy atom. The van der Waals surface area contributed by atoms with Crippen LogP contribution in [0.15, 0.2) is 24.3 Å². The molecule has 0 amide bonds. The van der Waals surface area contributed by atoms with Gasteiger partial charge in [-0.3, -0.25) is 0 Å². The van der Waals surface area contributed by atoms with Crippen molar-refractivity contribution in [2.45, 2.75) is 25.8 Å². The molecule has 0 bridgehead atoms. The molecule has 0 fully saturated rings. The zero-order chi connectivity index (χ0) is 11.1. The molecule has 15 heavy (non-hydrogen) atoms. The van der Waals surface area contributed by atoms with Gasteiger partial charge in [-0.2, -0.15) is 0 Å². The molecule has 1 N–H and O–H groups in total. The number of rotatable bonds is 5. The molecular weight excluding hydrogens is 206 g/mol. The SMILES string of the molecule is C#CCCCN[C@H](C)c1ccccc1Cl. The van der Waals surface area contributed by atoms with Gasteiger partial charge in [0.05, 0.1) is 0 Å². The van der Waals surface area contributed by atoms with Crippen LogP contribution in [0.5, 0.6) is 0 Å². The number of terminal acetylenes is 1. The Morgan fingerprint density at radius 2 is 2.20 bits per heavy atom. The third-order valence-corrected chi connectivity index (χ3v) is 2.66. The van der Waals surface area contributed by atoms with Crippen LogP contribution in [0.2, 0.25) is 5.02 Å². The summed E-state index contributed by atoms with van der Waals surface area (Å²) in [4.78, 5) is 0. The van der Waals surface area contributed by atoms with Crippen molar-refractivity contribution in [3.05, 3.63) is 34.9 Å². The number of hydrogen-bond donors (Lipinski definition) is 1. The third-order valence-electron chi connectivity index (χ3n) is 2.32. The molecular formula is C13H16ClN. The fourth-order valence-corrected chi connectivity index (χ4v) is 1.74. The first-order valence-corrected chi connectivity index (χ1v) is 5.54. The van der Waals surface area contributed by atoms with Gasteiger partial charge in [-0.25, -0.2) is 0 Å². The number of halogens is 1. The summed E-state index contributed by atoms with van der Waals surface area (Å²) in [6.45, 7) is 3.04. The van der Waals surface area contributed by atoms with Gasteiger partial charge >= 0.3 is 0 Å². The minimum Gasteiger partial charge on any atom is -0.310 e. The molecule has 80 valence electrons. The average Bonchev–Trinajstić information content (AvgIpc) is 2.25. The lowest BCUT2D eigenvalue weighted by molar-refractivity contribution is 0.563. The minimum absolute atomic E-state index is 0.275. The van der Waals surface area contributed by atoms with Crippen molar-refractivity contribution in [1.29, 1.82) is 0 Å². The van der Waals surface area contributed by atoms with Crippen molar-refractivity contribution in [2.24, 2.45) is 0 Å². The largest absolute Gasteiger partial charge is 0.310 e. The fraction of sp³-hybridized carbons (Fsp3) is 0.385. The van der Waals surface area contributed by atoms with Gasteiger partial charge in [0.25, 0.3) is 0 Å². The van der Waals surface area contributed by atoms with E-state index in [0.717, 1.165) is 30.0 Å². The topological polar surface area (TPSA) is 12.0 Å². The smallest absolute Gasteiger partial charge is 0.0453 e. The molecule has 0 radical (unpaired) electrons. The minimum atomic E-state index is 0.275.